The van der Waals surface area contributed by atoms with E-state index in [9.17, 15) is 0 Å². The topological polar surface area (TPSA) is 29.3 Å². The first-order valence-electron chi connectivity index (χ1n) is 6.42. The van der Waals surface area contributed by atoms with Crippen molar-refractivity contribution in [3.8, 4) is 0 Å². The molecule has 0 aliphatic carbocycles. The van der Waals surface area contributed by atoms with Crippen LogP contribution in [0.3, 0.4) is 0 Å². The molecule has 3 heteroatoms. The summed E-state index contributed by atoms with van der Waals surface area (Å²) in [5.74, 6) is 3.54. The van der Waals surface area contributed by atoms with Crippen LogP contribution in [0, 0.1) is 5.92 Å². The van der Waals surface area contributed by atoms with Crippen LogP contribution in [0.2, 0.25) is 0 Å². The zero-order chi connectivity index (χ0) is 11.9. The minimum atomic E-state index is 0.757. The summed E-state index contributed by atoms with van der Waals surface area (Å²) in [6, 6.07) is 10.7. The van der Waals surface area contributed by atoms with Crippen LogP contribution in [0.5, 0.6) is 0 Å². The minimum absolute atomic E-state index is 0.757. The van der Waals surface area contributed by atoms with Gasteiger partial charge in [-0.1, -0.05) is 30.3 Å². The van der Waals surface area contributed by atoms with Crippen LogP contribution < -0.4 is 5.73 Å². The standard InChI is InChI=1S/C14H22N2S/c15-7-8-16(11-14-6-9-17-12-14)10-13-4-2-1-3-5-13/h1-5,14H,6-12,15H2. The van der Waals surface area contributed by atoms with Gasteiger partial charge in [-0.25, -0.2) is 0 Å². The van der Waals surface area contributed by atoms with Crippen LogP contribution >= 0.6 is 11.8 Å². The van der Waals surface area contributed by atoms with Crippen LogP contribution in [-0.4, -0.2) is 36.0 Å². The average Bonchev–Trinajstić information content (AvgIpc) is 2.83. The predicted octanol–water partition coefficient (Wildman–Crippen LogP) is 2.20. The molecule has 94 valence electrons. The smallest absolute Gasteiger partial charge is 0.0234 e. The summed E-state index contributed by atoms with van der Waals surface area (Å²) >= 11 is 2.09. The first-order chi connectivity index (χ1) is 8.38. The maximum atomic E-state index is 5.71. The maximum Gasteiger partial charge on any atom is 0.0234 e. The van der Waals surface area contributed by atoms with Crippen molar-refractivity contribution in [3.63, 3.8) is 0 Å². The van der Waals surface area contributed by atoms with Crippen molar-refractivity contribution in [1.82, 2.24) is 4.90 Å². The molecule has 2 nitrogen and oxygen atoms in total. The molecule has 1 aliphatic rings. The van der Waals surface area contributed by atoms with E-state index in [2.05, 4.69) is 47.0 Å². The van der Waals surface area contributed by atoms with Crippen molar-refractivity contribution < 1.29 is 0 Å². The number of nitrogens with two attached hydrogens (primary N) is 1. The molecule has 0 spiro atoms. The molecule has 17 heavy (non-hydrogen) atoms. The van der Waals surface area contributed by atoms with E-state index < -0.39 is 0 Å². The van der Waals surface area contributed by atoms with Crippen molar-refractivity contribution in [2.75, 3.05) is 31.1 Å². The highest BCUT2D eigenvalue weighted by atomic mass is 32.2. The highest BCUT2D eigenvalue weighted by molar-refractivity contribution is 7.99. The normalized spacial score (nSPS) is 20.0. The summed E-state index contributed by atoms with van der Waals surface area (Å²) in [6.07, 6.45) is 1.38. The van der Waals surface area contributed by atoms with Crippen molar-refractivity contribution in [3.05, 3.63) is 35.9 Å². The lowest BCUT2D eigenvalue weighted by atomic mass is 10.1. The number of hydrogen-bond donors (Lipinski definition) is 1. The van der Waals surface area contributed by atoms with Gasteiger partial charge in [0.1, 0.15) is 0 Å². The largest absolute Gasteiger partial charge is 0.329 e. The van der Waals surface area contributed by atoms with Crippen LogP contribution in [0.25, 0.3) is 0 Å². The van der Waals surface area contributed by atoms with E-state index in [0.29, 0.717) is 0 Å². The molecule has 1 fully saturated rings. The highest BCUT2D eigenvalue weighted by Gasteiger charge is 2.18. The molecule has 2 rings (SSSR count). The van der Waals surface area contributed by atoms with Gasteiger partial charge in [0, 0.05) is 26.2 Å². The second-order valence-corrected chi connectivity index (χ2v) is 5.89. The van der Waals surface area contributed by atoms with E-state index in [4.69, 9.17) is 5.73 Å². The molecule has 1 aliphatic heterocycles. The lowest BCUT2D eigenvalue weighted by Gasteiger charge is -2.24. The summed E-state index contributed by atoms with van der Waals surface area (Å²) < 4.78 is 0. The molecule has 0 amide bonds. The highest BCUT2D eigenvalue weighted by Crippen LogP contribution is 2.24. The fraction of sp³-hybridized carbons (Fsp3) is 0.571. The molecule has 0 radical (unpaired) electrons. The number of benzene rings is 1. The van der Waals surface area contributed by atoms with Gasteiger partial charge in [-0.2, -0.15) is 11.8 Å². The van der Waals surface area contributed by atoms with Gasteiger partial charge in [0.05, 0.1) is 0 Å². The molecule has 1 unspecified atom stereocenters. The maximum absolute atomic E-state index is 5.71. The molecule has 1 saturated heterocycles. The summed E-state index contributed by atoms with van der Waals surface area (Å²) in [5.41, 5.74) is 7.11. The average molecular weight is 250 g/mol. The fourth-order valence-electron chi connectivity index (χ4n) is 2.35. The van der Waals surface area contributed by atoms with Crippen LogP contribution in [0.15, 0.2) is 30.3 Å². The fourth-order valence-corrected chi connectivity index (χ4v) is 3.62. The van der Waals surface area contributed by atoms with Gasteiger partial charge in [-0.15, -0.1) is 0 Å². The van der Waals surface area contributed by atoms with Gasteiger partial charge in [0.25, 0.3) is 0 Å². The third-order valence-corrected chi connectivity index (χ3v) is 4.47. The monoisotopic (exact) mass is 250 g/mol. The molecule has 1 aromatic rings. The lowest BCUT2D eigenvalue weighted by molar-refractivity contribution is 0.237. The molecule has 0 aromatic heterocycles. The third kappa shape index (κ3) is 4.34. The first-order valence-corrected chi connectivity index (χ1v) is 7.58. The van der Waals surface area contributed by atoms with E-state index in [1.807, 2.05) is 0 Å². The molecule has 2 N–H and O–H groups in total. The summed E-state index contributed by atoms with van der Waals surface area (Å²) in [5, 5.41) is 0. The molecule has 1 atom stereocenters. The summed E-state index contributed by atoms with van der Waals surface area (Å²) in [7, 11) is 0. The third-order valence-electron chi connectivity index (χ3n) is 3.23. The Hall–Kier alpha value is -0.510. The second-order valence-electron chi connectivity index (χ2n) is 4.74. The van der Waals surface area contributed by atoms with E-state index in [1.54, 1.807) is 0 Å². The zero-order valence-corrected chi connectivity index (χ0v) is 11.2. The SMILES string of the molecule is NCCN(Cc1ccccc1)CC1CCSC1. The first kappa shape index (κ1) is 12.9. The Labute approximate surface area is 109 Å². The van der Waals surface area contributed by atoms with E-state index in [-0.39, 0.29) is 0 Å². The molecule has 1 aromatic carbocycles. The number of rotatable bonds is 6. The van der Waals surface area contributed by atoms with Crippen LogP contribution in [0.4, 0.5) is 0 Å². The minimum Gasteiger partial charge on any atom is -0.329 e. The number of nitrogens with zero attached hydrogens (tertiary/aromatic N) is 1. The van der Waals surface area contributed by atoms with Crippen molar-refractivity contribution in [2.45, 2.75) is 13.0 Å². The van der Waals surface area contributed by atoms with Gasteiger partial charge < -0.3 is 5.73 Å². The van der Waals surface area contributed by atoms with E-state index in [1.165, 1.54) is 30.0 Å². The van der Waals surface area contributed by atoms with E-state index in [0.717, 1.165) is 25.6 Å². The molecule has 0 bridgehead atoms. The zero-order valence-electron chi connectivity index (χ0n) is 10.3. The van der Waals surface area contributed by atoms with E-state index >= 15 is 0 Å². The van der Waals surface area contributed by atoms with Crippen molar-refractivity contribution in [2.24, 2.45) is 11.7 Å². The quantitative estimate of drug-likeness (QED) is 0.839. The molecule has 1 heterocycles. The van der Waals surface area contributed by atoms with Crippen LogP contribution in [-0.2, 0) is 6.54 Å². The van der Waals surface area contributed by atoms with Gasteiger partial charge in [0.15, 0.2) is 0 Å². The molecular weight excluding hydrogens is 228 g/mol. The van der Waals surface area contributed by atoms with Gasteiger partial charge >= 0.3 is 0 Å². The Morgan fingerprint density at radius 3 is 2.76 bits per heavy atom. The Morgan fingerprint density at radius 1 is 1.29 bits per heavy atom. The van der Waals surface area contributed by atoms with Crippen LogP contribution in [0.1, 0.15) is 12.0 Å². The summed E-state index contributed by atoms with van der Waals surface area (Å²) in [6.45, 7) is 4.01. The predicted molar refractivity (Wildman–Crippen MR) is 76.2 cm³/mol. The Morgan fingerprint density at radius 2 is 2.12 bits per heavy atom. The van der Waals surface area contributed by atoms with Gasteiger partial charge in [-0.05, 0) is 29.4 Å². The number of hydrogen-bond acceptors (Lipinski definition) is 3. The molecular formula is C14H22N2S. The lowest BCUT2D eigenvalue weighted by Crippen LogP contribution is -2.33. The molecule has 0 saturated carbocycles. The van der Waals surface area contributed by atoms with Gasteiger partial charge in [0.2, 0.25) is 0 Å². The Kier molecular flexibility index (Phi) is 5.36. The second kappa shape index (κ2) is 7.04. The van der Waals surface area contributed by atoms with Crippen molar-refractivity contribution >= 4 is 11.8 Å². The van der Waals surface area contributed by atoms with Gasteiger partial charge in [-0.3, -0.25) is 4.90 Å². The Balaban J connectivity index is 1.87. The summed E-state index contributed by atoms with van der Waals surface area (Å²) in [4.78, 5) is 2.51. The van der Waals surface area contributed by atoms with Crippen molar-refractivity contribution in [1.29, 1.82) is 0 Å². The number of thioether (sulfide) groups is 1. The Bertz CT molecular complexity index is 309.